The van der Waals surface area contributed by atoms with Crippen LogP contribution in [0.3, 0.4) is 0 Å². The van der Waals surface area contributed by atoms with Gasteiger partial charge in [0.1, 0.15) is 11.6 Å². The third-order valence-corrected chi connectivity index (χ3v) is 4.06. The first-order valence-electron chi connectivity index (χ1n) is 7.25. The Labute approximate surface area is 149 Å². The zero-order chi connectivity index (χ0) is 17.9. The molecule has 0 aromatic heterocycles. The molecular formula is C17H16Cl2F2N2O. The van der Waals surface area contributed by atoms with Crippen molar-refractivity contribution in [3.63, 3.8) is 0 Å². The van der Waals surface area contributed by atoms with Crippen LogP contribution in [0.1, 0.15) is 25.5 Å². The SMILES string of the molecule is C[C@H](N[C@@H](C)c1ccc(F)cc1F)C(=O)Nc1ccc(Cl)cc1Cl. The zero-order valence-electron chi connectivity index (χ0n) is 13.0. The first-order chi connectivity index (χ1) is 11.3. The van der Waals surface area contributed by atoms with Crippen LogP contribution in [-0.2, 0) is 4.79 Å². The minimum atomic E-state index is -0.664. The summed E-state index contributed by atoms with van der Waals surface area (Å²) in [4.78, 5) is 12.2. The highest BCUT2D eigenvalue weighted by molar-refractivity contribution is 6.36. The van der Waals surface area contributed by atoms with Crippen molar-refractivity contribution >= 4 is 34.8 Å². The Balaban J connectivity index is 2.02. The van der Waals surface area contributed by atoms with Crippen molar-refractivity contribution in [3.8, 4) is 0 Å². The Morgan fingerprint density at radius 2 is 1.79 bits per heavy atom. The van der Waals surface area contributed by atoms with Gasteiger partial charge in [0.05, 0.1) is 16.8 Å². The van der Waals surface area contributed by atoms with Gasteiger partial charge in [-0.1, -0.05) is 29.3 Å². The van der Waals surface area contributed by atoms with E-state index in [9.17, 15) is 13.6 Å². The van der Waals surface area contributed by atoms with Crippen molar-refractivity contribution in [1.29, 1.82) is 0 Å². The molecule has 0 heterocycles. The molecular weight excluding hydrogens is 357 g/mol. The standard InChI is InChI=1S/C17H16Cl2F2N2O/c1-9(13-5-4-12(20)8-15(13)21)22-10(2)17(24)23-16-6-3-11(18)7-14(16)19/h3-10,22H,1-2H3,(H,23,24)/t9-,10-/m0/s1. The van der Waals surface area contributed by atoms with Gasteiger partial charge in [-0.25, -0.2) is 8.78 Å². The van der Waals surface area contributed by atoms with Crippen molar-refractivity contribution in [2.24, 2.45) is 0 Å². The maximum Gasteiger partial charge on any atom is 0.241 e. The van der Waals surface area contributed by atoms with Crippen molar-refractivity contribution in [2.75, 3.05) is 5.32 Å². The van der Waals surface area contributed by atoms with Crippen LogP contribution in [0, 0.1) is 11.6 Å². The lowest BCUT2D eigenvalue weighted by Gasteiger charge is -2.20. The molecule has 0 saturated heterocycles. The average molecular weight is 373 g/mol. The molecule has 0 saturated carbocycles. The number of carbonyl (C=O) groups is 1. The van der Waals surface area contributed by atoms with E-state index in [0.29, 0.717) is 15.7 Å². The van der Waals surface area contributed by atoms with Gasteiger partial charge >= 0.3 is 0 Å². The van der Waals surface area contributed by atoms with Crippen molar-refractivity contribution in [1.82, 2.24) is 5.32 Å². The van der Waals surface area contributed by atoms with Gasteiger partial charge in [0, 0.05) is 22.7 Å². The van der Waals surface area contributed by atoms with Gasteiger partial charge in [0.15, 0.2) is 0 Å². The second-order valence-corrected chi connectivity index (χ2v) is 6.23. The second-order valence-electron chi connectivity index (χ2n) is 5.39. The highest BCUT2D eigenvalue weighted by Gasteiger charge is 2.19. The molecule has 3 nitrogen and oxygen atoms in total. The number of hydrogen-bond donors (Lipinski definition) is 2. The first kappa shape index (κ1) is 18.6. The van der Waals surface area contributed by atoms with E-state index in [0.717, 1.165) is 6.07 Å². The molecule has 0 bridgehead atoms. The van der Waals surface area contributed by atoms with E-state index in [1.54, 1.807) is 26.0 Å². The fourth-order valence-corrected chi connectivity index (χ4v) is 2.68. The third-order valence-electron chi connectivity index (χ3n) is 3.51. The van der Waals surface area contributed by atoms with Crippen LogP contribution in [0.25, 0.3) is 0 Å². The summed E-state index contributed by atoms with van der Waals surface area (Å²) in [5.74, 6) is -1.65. The Morgan fingerprint density at radius 1 is 1.08 bits per heavy atom. The number of anilines is 1. The van der Waals surface area contributed by atoms with Gasteiger partial charge in [-0.3, -0.25) is 10.1 Å². The predicted octanol–water partition coefficient (Wildman–Crippen LogP) is 4.95. The maximum atomic E-state index is 13.8. The molecule has 2 aromatic rings. The quantitative estimate of drug-likeness (QED) is 0.779. The summed E-state index contributed by atoms with van der Waals surface area (Å²) >= 11 is 11.8. The summed E-state index contributed by atoms with van der Waals surface area (Å²) in [6, 6.07) is 6.95. The van der Waals surface area contributed by atoms with E-state index in [1.807, 2.05) is 0 Å². The molecule has 2 aromatic carbocycles. The first-order valence-corrected chi connectivity index (χ1v) is 8.00. The summed E-state index contributed by atoms with van der Waals surface area (Å²) in [5.41, 5.74) is 0.709. The van der Waals surface area contributed by atoms with E-state index in [2.05, 4.69) is 10.6 Å². The van der Waals surface area contributed by atoms with Crippen LogP contribution in [0.5, 0.6) is 0 Å². The Morgan fingerprint density at radius 3 is 2.42 bits per heavy atom. The molecule has 1 amide bonds. The smallest absolute Gasteiger partial charge is 0.241 e. The molecule has 0 aliphatic heterocycles. The van der Waals surface area contributed by atoms with Gasteiger partial charge in [0.25, 0.3) is 0 Å². The maximum absolute atomic E-state index is 13.8. The van der Waals surface area contributed by atoms with Gasteiger partial charge in [-0.05, 0) is 38.1 Å². The second kappa shape index (κ2) is 7.92. The monoisotopic (exact) mass is 372 g/mol. The number of rotatable bonds is 5. The number of nitrogens with one attached hydrogen (secondary N) is 2. The van der Waals surface area contributed by atoms with Crippen molar-refractivity contribution in [3.05, 3.63) is 63.6 Å². The lowest BCUT2D eigenvalue weighted by Crippen LogP contribution is -2.39. The van der Waals surface area contributed by atoms with Gasteiger partial charge in [-0.15, -0.1) is 0 Å². The Kier molecular flexibility index (Phi) is 6.15. The highest BCUT2D eigenvalue weighted by Crippen LogP contribution is 2.25. The lowest BCUT2D eigenvalue weighted by molar-refractivity contribution is -0.117. The van der Waals surface area contributed by atoms with Gasteiger partial charge in [-0.2, -0.15) is 0 Å². The number of amides is 1. The average Bonchev–Trinajstić information content (AvgIpc) is 2.49. The summed E-state index contributed by atoms with van der Waals surface area (Å²) < 4.78 is 26.7. The van der Waals surface area contributed by atoms with Gasteiger partial charge < -0.3 is 5.32 Å². The number of carbonyl (C=O) groups excluding carboxylic acids is 1. The molecule has 7 heteroatoms. The van der Waals surface area contributed by atoms with Crippen LogP contribution in [-0.4, -0.2) is 11.9 Å². The van der Waals surface area contributed by atoms with Crippen molar-refractivity contribution < 1.29 is 13.6 Å². The molecule has 24 heavy (non-hydrogen) atoms. The zero-order valence-corrected chi connectivity index (χ0v) is 14.6. The molecule has 2 atom stereocenters. The van der Waals surface area contributed by atoms with Crippen LogP contribution < -0.4 is 10.6 Å². The molecule has 128 valence electrons. The predicted molar refractivity (Wildman–Crippen MR) is 92.5 cm³/mol. The fourth-order valence-electron chi connectivity index (χ4n) is 2.22. The van der Waals surface area contributed by atoms with E-state index < -0.39 is 23.7 Å². The minimum Gasteiger partial charge on any atom is -0.323 e. The molecule has 0 unspecified atom stereocenters. The largest absolute Gasteiger partial charge is 0.323 e. The highest BCUT2D eigenvalue weighted by atomic mass is 35.5. The van der Waals surface area contributed by atoms with E-state index >= 15 is 0 Å². The summed E-state index contributed by atoms with van der Waals surface area (Å²) in [6.45, 7) is 3.33. The molecule has 0 spiro atoms. The van der Waals surface area contributed by atoms with E-state index in [4.69, 9.17) is 23.2 Å². The molecule has 2 N–H and O–H groups in total. The lowest BCUT2D eigenvalue weighted by atomic mass is 10.1. The minimum absolute atomic E-state index is 0.278. The fraction of sp³-hybridized carbons (Fsp3) is 0.235. The van der Waals surface area contributed by atoms with E-state index in [1.165, 1.54) is 18.2 Å². The normalized spacial score (nSPS) is 13.4. The third kappa shape index (κ3) is 4.66. The van der Waals surface area contributed by atoms with E-state index in [-0.39, 0.29) is 11.5 Å². The topological polar surface area (TPSA) is 41.1 Å². The molecule has 0 aliphatic rings. The number of benzene rings is 2. The Hall–Kier alpha value is -1.69. The summed E-state index contributed by atoms with van der Waals surface area (Å²) in [7, 11) is 0. The molecule has 0 radical (unpaired) electrons. The van der Waals surface area contributed by atoms with Gasteiger partial charge in [0.2, 0.25) is 5.91 Å². The molecule has 0 aliphatic carbocycles. The van der Waals surface area contributed by atoms with Crippen LogP contribution in [0.4, 0.5) is 14.5 Å². The Bertz CT molecular complexity index is 755. The van der Waals surface area contributed by atoms with Crippen molar-refractivity contribution in [2.45, 2.75) is 25.9 Å². The molecule has 2 rings (SSSR count). The van der Waals surface area contributed by atoms with Crippen LogP contribution >= 0.6 is 23.2 Å². The number of hydrogen-bond acceptors (Lipinski definition) is 2. The summed E-state index contributed by atoms with van der Waals surface area (Å²) in [6.07, 6.45) is 0. The molecule has 0 fully saturated rings. The summed E-state index contributed by atoms with van der Waals surface area (Å²) in [5, 5.41) is 6.42. The van der Waals surface area contributed by atoms with Crippen LogP contribution in [0.2, 0.25) is 10.0 Å². The van der Waals surface area contributed by atoms with Crippen LogP contribution in [0.15, 0.2) is 36.4 Å². The number of halogens is 4.